The molecule has 0 radical (unpaired) electrons. The fourth-order valence-electron chi connectivity index (χ4n) is 2.66. The summed E-state index contributed by atoms with van der Waals surface area (Å²) < 4.78 is 21.8. The summed E-state index contributed by atoms with van der Waals surface area (Å²) in [5.41, 5.74) is 1.59. The Kier molecular flexibility index (Phi) is 8.73. The molecule has 0 bridgehead atoms. The summed E-state index contributed by atoms with van der Waals surface area (Å²) in [6.07, 6.45) is 2.77. The van der Waals surface area contributed by atoms with Crippen LogP contribution in [0.4, 0.5) is 0 Å². The zero-order valence-corrected chi connectivity index (χ0v) is 18.8. The molecule has 1 atom stereocenters. The SMILES string of the molecule is COc1cc(C=CC(=O)OCC(=O)NC(C)c2ccc(Br)cc2)cc(OC)c1OC. The van der Waals surface area contributed by atoms with E-state index in [-0.39, 0.29) is 18.6 Å². The molecular formula is C22H24BrNO6. The van der Waals surface area contributed by atoms with Crippen LogP contribution in [0.3, 0.4) is 0 Å². The Balaban J connectivity index is 1.91. The Bertz CT molecular complexity index is 885. The standard InChI is InChI=1S/C22H24BrNO6/c1-14(16-6-8-17(23)9-7-16)24-20(25)13-30-21(26)10-5-15-11-18(27-2)22(29-4)19(12-15)28-3/h5-12,14H,13H2,1-4H3,(H,24,25). The van der Waals surface area contributed by atoms with Gasteiger partial charge in [0.1, 0.15) is 0 Å². The predicted molar refractivity (Wildman–Crippen MR) is 117 cm³/mol. The van der Waals surface area contributed by atoms with Crippen LogP contribution in [0.1, 0.15) is 24.1 Å². The highest BCUT2D eigenvalue weighted by Crippen LogP contribution is 2.38. The number of ether oxygens (including phenoxy) is 4. The van der Waals surface area contributed by atoms with Crippen LogP contribution >= 0.6 is 15.9 Å². The van der Waals surface area contributed by atoms with Gasteiger partial charge in [0.15, 0.2) is 18.1 Å². The van der Waals surface area contributed by atoms with Gasteiger partial charge in [-0.15, -0.1) is 0 Å². The van der Waals surface area contributed by atoms with E-state index in [1.54, 1.807) is 12.1 Å². The molecule has 7 nitrogen and oxygen atoms in total. The van der Waals surface area contributed by atoms with E-state index in [9.17, 15) is 9.59 Å². The summed E-state index contributed by atoms with van der Waals surface area (Å²) >= 11 is 3.37. The highest BCUT2D eigenvalue weighted by Gasteiger charge is 2.13. The van der Waals surface area contributed by atoms with E-state index in [0.717, 1.165) is 10.0 Å². The molecule has 2 rings (SSSR count). The van der Waals surface area contributed by atoms with Crippen LogP contribution < -0.4 is 19.5 Å². The largest absolute Gasteiger partial charge is 0.493 e. The first-order valence-corrected chi connectivity index (χ1v) is 9.87. The lowest BCUT2D eigenvalue weighted by atomic mass is 10.1. The highest BCUT2D eigenvalue weighted by molar-refractivity contribution is 9.10. The molecule has 0 aliphatic heterocycles. The van der Waals surface area contributed by atoms with Crippen molar-refractivity contribution in [3.05, 3.63) is 58.1 Å². The monoisotopic (exact) mass is 477 g/mol. The first kappa shape index (κ1) is 23.3. The minimum atomic E-state index is -0.643. The van der Waals surface area contributed by atoms with Crippen molar-refractivity contribution in [2.45, 2.75) is 13.0 Å². The van der Waals surface area contributed by atoms with E-state index in [0.29, 0.717) is 22.8 Å². The quantitative estimate of drug-likeness (QED) is 0.435. The number of hydrogen-bond donors (Lipinski definition) is 1. The molecule has 8 heteroatoms. The Hall–Kier alpha value is -3.00. The van der Waals surface area contributed by atoms with Gasteiger partial charge in [-0.1, -0.05) is 28.1 Å². The molecule has 160 valence electrons. The predicted octanol–water partition coefficient (Wildman–Crippen LogP) is 3.91. The van der Waals surface area contributed by atoms with E-state index < -0.39 is 5.97 Å². The minimum absolute atomic E-state index is 0.209. The average Bonchev–Trinajstić information content (AvgIpc) is 2.75. The molecule has 0 fully saturated rings. The lowest BCUT2D eigenvalue weighted by Gasteiger charge is -2.14. The molecule has 30 heavy (non-hydrogen) atoms. The summed E-state index contributed by atoms with van der Waals surface area (Å²) in [7, 11) is 4.52. The molecule has 1 N–H and O–H groups in total. The summed E-state index contributed by atoms with van der Waals surface area (Å²) in [4.78, 5) is 24.0. The zero-order chi connectivity index (χ0) is 22.1. The van der Waals surface area contributed by atoms with Crippen LogP contribution in [0, 0.1) is 0 Å². The van der Waals surface area contributed by atoms with Crippen molar-refractivity contribution in [1.29, 1.82) is 0 Å². The molecule has 2 aromatic rings. The molecular weight excluding hydrogens is 454 g/mol. The van der Waals surface area contributed by atoms with E-state index in [1.165, 1.54) is 33.5 Å². The van der Waals surface area contributed by atoms with E-state index in [4.69, 9.17) is 18.9 Å². The zero-order valence-electron chi connectivity index (χ0n) is 17.2. The third kappa shape index (κ3) is 6.52. The Morgan fingerprint density at radius 3 is 2.17 bits per heavy atom. The topological polar surface area (TPSA) is 83.1 Å². The summed E-state index contributed by atoms with van der Waals surface area (Å²) in [5, 5.41) is 2.79. The van der Waals surface area contributed by atoms with Gasteiger partial charge in [-0.25, -0.2) is 4.79 Å². The Labute approximate surface area is 184 Å². The summed E-state index contributed by atoms with van der Waals surface area (Å²) in [5.74, 6) is 0.351. The second-order valence-electron chi connectivity index (χ2n) is 6.24. The van der Waals surface area contributed by atoms with Gasteiger partial charge in [0, 0.05) is 10.5 Å². The third-order valence-electron chi connectivity index (χ3n) is 4.19. The van der Waals surface area contributed by atoms with Crippen molar-refractivity contribution < 1.29 is 28.5 Å². The van der Waals surface area contributed by atoms with E-state index in [1.807, 2.05) is 31.2 Å². The molecule has 0 heterocycles. The smallest absolute Gasteiger partial charge is 0.331 e. The Morgan fingerprint density at radius 1 is 1.03 bits per heavy atom. The maximum Gasteiger partial charge on any atom is 0.331 e. The molecule has 1 amide bonds. The van der Waals surface area contributed by atoms with Crippen LogP contribution in [-0.4, -0.2) is 39.8 Å². The molecule has 2 aromatic carbocycles. The van der Waals surface area contributed by atoms with Crippen molar-refractivity contribution >= 4 is 33.9 Å². The van der Waals surface area contributed by atoms with Gasteiger partial charge < -0.3 is 24.3 Å². The van der Waals surface area contributed by atoms with Crippen molar-refractivity contribution in [2.24, 2.45) is 0 Å². The highest BCUT2D eigenvalue weighted by atomic mass is 79.9. The maximum atomic E-state index is 12.0. The van der Waals surface area contributed by atoms with Gasteiger partial charge in [0.05, 0.1) is 27.4 Å². The first-order valence-electron chi connectivity index (χ1n) is 9.07. The number of carbonyl (C=O) groups is 2. The van der Waals surface area contributed by atoms with Crippen molar-refractivity contribution in [2.75, 3.05) is 27.9 Å². The van der Waals surface area contributed by atoms with Gasteiger partial charge in [0.25, 0.3) is 5.91 Å². The number of methoxy groups -OCH3 is 3. The lowest BCUT2D eigenvalue weighted by Crippen LogP contribution is -2.30. The van der Waals surface area contributed by atoms with E-state index >= 15 is 0 Å². The van der Waals surface area contributed by atoms with Crippen molar-refractivity contribution in [1.82, 2.24) is 5.32 Å². The number of rotatable bonds is 9. The summed E-state index contributed by atoms with van der Waals surface area (Å²) in [6.45, 7) is 1.48. The molecule has 0 saturated carbocycles. The molecule has 0 spiro atoms. The van der Waals surface area contributed by atoms with Gasteiger partial charge in [0.2, 0.25) is 5.75 Å². The number of nitrogens with one attached hydrogen (secondary N) is 1. The minimum Gasteiger partial charge on any atom is -0.493 e. The second-order valence-corrected chi connectivity index (χ2v) is 7.16. The fourth-order valence-corrected chi connectivity index (χ4v) is 2.93. The number of amides is 1. The maximum absolute atomic E-state index is 12.0. The molecule has 1 unspecified atom stereocenters. The second kappa shape index (κ2) is 11.3. The van der Waals surface area contributed by atoms with Crippen LogP contribution in [0.15, 0.2) is 46.9 Å². The third-order valence-corrected chi connectivity index (χ3v) is 4.72. The van der Waals surface area contributed by atoms with Crippen LogP contribution in [-0.2, 0) is 14.3 Å². The van der Waals surface area contributed by atoms with Crippen LogP contribution in [0.2, 0.25) is 0 Å². The average molecular weight is 478 g/mol. The number of halogens is 1. The Morgan fingerprint density at radius 2 is 1.63 bits per heavy atom. The molecule has 0 aliphatic carbocycles. The van der Waals surface area contributed by atoms with Crippen molar-refractivity contribution in [3.8, 4) is 17.2 Å². The number of hydrogen-bond acceptors (Lipinski definition) is 6. The van der Waals surface area contributed by atoms with Gasteiger partial charge in [-0.05, 0) is 48.4 Å². The number of esters is 1. The van der Waals surface area contributed by atoms with Crippen molar-refractivity contribution in [3.63, 3.8) is 0 Å². The number of benzene rings is 2. The first-order chi connectivity index (χ1) is 14.4. The van der Waals surface area contributed by atoms with Gasteiger partial charge in [-0.3, -0.25) is 4.79 Å². The van der Waals surface area contributed by atoms with Gasteiger partial charge >= 0.3 is 5.97 Å². The normalized spacial score (nSPS) is 11.6. The fraction of sp³-hybridized carbons (Fsp3) is 0.273. The van der Waals surface area contributed by atoms with Crippen LogP contribution in [0.25, 0.3) is 6.08 Å². The summed E-state index contributed by atoms with van der Waals surface area (Å²) in [6, 6.07) is 10.8. The van der Waals surface area contributed by atoms with Gasteiger partial charge in [-0.2, -0.15) is 0 Å². The lowest BCUT2D eigenvalue weighted by molar-refractivity contribution is -0.144. The van der Waals surface area contributed by atoms with Crippen LogP contribution in [0.5, 0.6) is 17.2 Å². The molecule has 0 saturated heterocycles. The molecule has 0 aromatic heterocycles. The van der Waals surface area contributed by atoms with E-state index in [2.05, 4.69) is 21.2 Å². The molecule has 0 aliphatic rings. The number of carbonyl (C=O) groups excluding carboxylic acids is 2.